The number of fused-ring (bicyclic) bond motifs is 3. The maximum atomic E-state index is 13.1. The van der Waals surface area contributed by atoms with Gasteiger partial charge in [-0.05, 0) is 49.9 Å². The molecule has 2 aliphatic rings. The summed E-state index contributed by atoms with van der Waals surface area (Å²) in [5.74, 6) is 0.277. The molecule has 30 heavy (non-hydrogen) atoms. The van der Waals surface area contributed by atoms with Crippen molar-refractivity contribution in [1.82, 2.24) is 4.98 Å². The first-order valence-electron chi connectivity index (χ1n) is 9.92. The Balaban J connectivity index is 1.36. The normalized spacial score (nSPS) is 15.0. The summed E-state index contributed by atoms with van der Waals surface area (Å²) in [5.41, 5.74) is 3.71. The molecule has 0 spiro atoms. The van der Waals surface area contributed by atoms with Gasteiger partial charge in [0.2, 0.25) is 6.79 Å². The third-order valence-corrected chi connectivity index (χ3v) is 5.42. The summed E-state index contributed by atoms with van der Waals surface area (Å²) in [6, 6.07) is 12.6. The van der Waals surface area contributed by atoms with E-state index in [4.69, 9.17) is 14.2 Å². The Morgan fingerprint density at radius 3 is 2.83 bits per heavy atom. The van der Waals surface area contributed by atoms with Crippen LogP contribution in [0.2, 0.25) is 0 Å². The molecule has 1 aliphatic carbocycles. The number of pyridine rings is 1. The molecular weight excluding hydrogens is 384 g/mol. The van der Waals surface area contributed by atoms with Crippen molar-refractivity contribution >= 4 is 28.5 Å². The Labute approximate surface area is 173 Å². The second-order valence-corrected chi connectivity index (χ2v) is 7.39. The number of carbonyl (C=O) groups is 2. The predicted octanol–water partition coefficient (Wildman–Crippen LogP) is 3.64. The van der Waals surface area contributed by atoms with Crippen LogP contribution in [0.15, 0.2) is 42.5 Å². The number of nitrogens with one attached hydrogen (secondary N) is 1. The summed E-state index contributed by atoms with van der Waals surface area (Å²) >= 11 is 0. The number of aryl methyl sites for hydroxylation is 1. The molecule has 0 bridgehead atoms. The number of esters is 1. The molecule has 1 N–H and O–H groups in total. The summed E-state index contributed by atoms with van der Waals surface area (Å²) < 4.78 is 16.2. The molecule has 3 aromatic rings. The first kappa shape index (κ1) is 18.4. The molecule has 0 radical (unpaired) electrons. The number of benzene rings is 2. The number of rotatable bonds is 4. The zero-order chi connectivity index (χ0) is 20.7. The monoisotopic (exact) mass is 404 g/mol. The Morgan fingerprint density at radius 1 is 1.10 bits per heavy atom. The maximum absolute atomic E-state index is 13.1. The molecule has 7 heteroatoms. The quantitative estimate of drug-likeness (QED) is 0.668. The van der Waals surface area contributed by atoms with Crippen LogP contribution in [0.5, 0.6) is 11.5 Å². The highest BCUT2D eigenvalue weighted by molar-refractivity contribution is 6.06. The average molecular weight is 404 g/mol. The fraction of sp³-hybridized carbons (Fsp3) is 0.261. The number of nitrogens with zero attached hydrogens (tertiary/aromatic N) is 1. The first-order valence-corrected chi connectivity index (χ1v) is 9.92. The Hall–Kier alpha value is -3.61. The van der Waals surface area contributed by atoms with E-state index in [1.54, 1.807) is 25.1 Å². The number of ether oxygens (including phenoxy) is 3. The molecule has 2 aromatic carbocycles. The van der Waals surface area contributed by atoms with Crippen LogP contribution >= 0.6 is 0 Å². The summed E-state index contributed by atoms with van der Waals surface area (Å²) in [7, 11) is 0. The second-order valence-electron chi connectivity index (χ2n) is 7.39. The standard InChI is InChI=1S/C23H20N2O5/c1-13(22(26)24-14-9-10-19-20(11-14)29-12-28-19)30-23(27)21-15-5-2-3-7-17(15)25-18-8-4-6-16(18)21/h2-3,5,7,9-11,13H,4,6,8,12H2,1H3,(H,24,26)/t13-/m1/s1. The smallest absolute Gasteiger partial charge is 0.339 e. The van der Waals surface area contributed by atoms with Crippen LogP contribution in [-0.4, -0.2) is 29.8 Å². The van der Waals surface area contributed by atoms with E-state index in [-0.39, 0.29) is 6.79 Å². The van der Waals surface area contributed by atoms with E-state index in [9.17, 15) is 9.59 Å². The zero-order valence-corrected chi connectivity index (χ0v) is 16.4. The molecule has 152 valence electrons. The third kappa shape index (κ3) is 3.22. The number of para-hydroxylation sites is 1. The fourth-order valence-electron chi connectivity index (χ4n) is 3.94. The fourth-order valence-corrected chi connectivity index (χ4v) is 3.94. The van der Waals surface area contributed by atoms with E-state index in [0.717, 1.165) is 41.4 Å². The van der Waals surface area contributed by atoms with Crippen LogP contribution < -0.4 is 14.8 Å². The van der Waals surface area contributed by atoms with Gasteiger partial charge in [0, 0.05) is 22.8 Å². The van der Waals surface area contributed by atoms with Crippen molar-refractivity contribution in [2.24, 2.45) is 0 Å². The van der Waals surface area contributed by atoms with Crippen molar-refractivity contribution in [3.8, 4) is 11.5 Å². The molecule has 0 unspecified atom stereocenters. The topological polar surface area (TPSA) is 86.8 Å². The molecular formula is C23H20N2O5. The van der Waals surface area contributed by atoms with Crippen molar-refractivity contribution < 1.29 is 23.8 Å². The van der Waals surface area contributed by atoms with Gasteiger partial charge in [-0.1, -0.05) is 18.2 Å². The molecule has 2 heterocycles. The summed E-state index contributed by atoms with van der Waals surface area (Å²) in [5, 5.41) is 3.51. The summed E-state index contributed by atoms with van der Waals surface area (Å²) in [6.45, 7) is 1.72. The summed E-state index contributed by atoms with van der Waals surface area (Å²) in [6.07, 6.45) is 1.63. The van der Waals surface area contributed by atoms with Crippen molar-refractivity contribution in [1.29, 1.82) is 0 Å². The van der Waals surface area contributed by atoms with Crippen LogP contribution in [0.3, 0.4) is 0 Å². The van der Waals surface area contributed by atoms with Gasteiger partial charge in [0.15, 0.2) is 17.6 Å². The van der Waals surface area contributed by atoms with Crippen molar-refractivity contribution in [2.75, 3.05) is 12.1 Å². The van der Waals surface area contributed by atoms with Crippen LogP contribution in [0.4, 0.5) is 5.69 Å². The lowest BCUT2D eigenvalue weighted by atomic mass is 10.0. The zero-order valence-electron chi connectivity index (χ0n) is 16.4. The molecule has 0 fully saturated rings. The lowest BCUT2D eigenvalue weighted by molar-refractivity contribution is -0.123. The molecule has 1 amide bonds. The third-order valence-electron chi connectivity index (χ3n) is 5.42. The van der Waals surface area contributed by atoms with Gasteiger partial charge in [-0.15, -0.1) is 0 Å². The first-order chi connectivity index (χ1) is 14.6. The van der Waals surface area contributed by atoms with Gasteiger partial charge in [0.1, 0.15) is 0 Å². The van der Waals surface area contributed by atoms with Gasteiger partial charge in [-0.2, -0.15) is 0 Å². The number of carbonyl (C=O) groups excluding carboxylic acids is 2. The van der Waals surface area contributed by atoms with Crippen LogP contribution in [0.1, 0.15) is 35.0 Å². The molecule has 0 saturated carbocycles. The van der Waals surface area contributed by atoms with Gasteiger partial charge >= 0.3 is 5.97 Å². The van der Waals surface area contributed by atoms with Gasteiger partial charge < -0.3 is 19.5 Å². The van der Waals surface area contributed by atoms with Crippen LogP contribution in [0, 0.1) is 0 Å². The van der Waals surface area contributed by atoms with E-state index in [2.05, 4.69) is 10.3 Å². The van der Waals surface area contributed by atoms with Crippen molar-refractivity contribution in [3.05, 3.63) is 59.3 Å². The Kier molecular flexibility index (Phi) is 4.50. The van der Waals surface area contributed by atoms with Crippen molar-refractivity contribution in [3.63, 3.8) is 0 Å². The number of anilines is 1. The van der Waals surface area contributed by atoms with E-state index < -0.39 is 18.0 Å². The van der Waals surface area contributed by atoms with Gasteiger partial charge in [-0.3, -0.25) is 9.78 Å². The summed E-state index contributed by atoms with van der Waals surface area (Å²) in [4.78, 5) is 30.4. The van der Waals surface area contributed by atoms with E-state index in [1.807, 2.05) is 24.3 Å². The lowest BCUT2D eigenvalue weighted by Gasteiger charge is -2.16. The molecule has 1 aliphatic heterocycles. The molecule has 0 saturated heterocycles. The lowest BCUT2D eigenvalue weighted by Crippen LogP contribution is -2.30. The van der Waals surface area contributed by atoms with Crippen LogP contribution in [0.25, 0.3) is 10.9 Å². The predicted molar refractivity (Wildman–Crippen MR) is 110 cm³/mol. The average Bonchev–Trinajstić information content (AvgIpc) is 3.40. The second kappa shape index (κ2) is 7.33. The molecule has 7 nitrogen and oxygen atoms in total. The number of amides is 1. The number of hydrogen-bond acceptors (Lipinski definition) is 6. The SMILES string of the molecule is C[C@@H](OC(=O)c1c2c(nc3ccccc13)CCC2)C(=O)Nc1ccc2c(c1)OCO2. The highest BCUT2D eigenvalue weighted by atomic mass is 16.7. The number of hydrogen-bond donors (Lipinski definition) is 1. The van der Waals surface area contributed by atoms with E-state index in [0.29, 0.717) is 22.7 Å². The Morgan fingerprint density at radius 2 is 1.93 bits per heavy atom. The van der Waals surface area contributed by atoms with Gasteiger partial charge in [0.05, 0.1) is 11.1 Å². The minimum Gasteiger partial charge on any atom is -0.454 e. The number of aromatic nitrogens is 1. The minimum absolute atomic E-state index is 0.158. The van der Waals surface area contributed by atoms with E-state index in [1.165, 1.54) is 0 Å². The highest BCUT2D eigenvalue weighted by Gasteiger charge is 2.27. The van der Waals surface area contributed by atoms with Crippen molar-refractivity contribution in [2.45, 2.75) is 32.3 Å². The van der Waals surface area contributed by atoms with E-state index >= 15 is 0 Å². The minimum atomic E-state index is -0.966. The molecule has 1 atom stereocenters. The molecule has 5 rings (SSSR count). The van der Waals surface area contributed by atoms with Gasteiger partial charge in [0.25, 0.3) is 5.91 Å². The largest absolute Gasteiger partial charge is 0.454 e. The highest BCUT2D eigenvalue weighted by Crippen LogP contribution is 2.34. The van der Waals surface area contributed by atoms with Gasteiger partial charge in [-0.25, -0.2) is 4.79 Å². The maximum Gasteiger partial charge on any atom is 0.339 e. The molecule has 1 aromatic heterocycles. The van der Waals surface area contributed by atoms with Crippen LogP contribution in [-0.2, 0) is 22.4 Å². The Bertz CT molecular complexity index is 1170.